The average molecular weight is 577 g/mol. The molecule has 0 fully saturated rings. The molecule has 41 heavy (non-hydrogen) atoms. The van der Waals surface area contributed by atoms with Crippen molar-refractivity contribution in [3.8, 4) is 16.9 Å². The minimum Gasteiger partial charge on any atom is -0.489 e. The van der Waals surface area contributed by atoms with Crippen LogP contribution in [0, 0.1) is 17.5 Å². The Morgan fingerprint density at radius 2 is 1.66 bits per heavy atom. The summed E-state index contributed by atoms with van der Waals surface area (Å²) < 4.78 is 57.2. The van der Waals surface area contributed by atoms with E-state index in [2.05, 4.69) is 5.43 Å². The lowest BCUT2D eigenvalue weighted by molar-refractivity contribution is 0.0133. The van der Waals surface area contributed by atoms with E-state index in [4.69, 9.17) is 14.2 Å². The predicted octanol–water partition coefficient (Wildman–Crippen LogP) is 5.05. The number of carbonyl (C=O) groups excluding carboxylic acids is 2. The third kappa shape index (κ3) is 8.35. The highest BCUT2D eigenvalue weighted by Crippen LogP contribution is 2.29. The summed E-state index contributed by atoms with van der Waals surface area (Å²) in [5.41, 5.74) is 2.65. The molecule has 3 aromatic rings. The van der Waals surface area contributed by atoms with E-state index < -0.39 is 47.8 Å². The van der Waals surface area contributed by atoms with Gasteiger partial charge in [-0.25, -0.2) is 27.8 Å². The van der Waals surface area contributed by atoms with Crippen molar-refractivity contribution in [2.75, 3.05) is 25.7 Å². The highest BCUT2D eigenvalue weighted by atomic mass is 19.2. The normalized spacial score (nSPS) is 11.9. The molecule has 0 spiro atoms. The van der Waals surface area contributed by atoms with Gasteiger partial charge in [0.25, 0.3) is 0 Å². The second kappa shape index (κ2) is 13.4. The molecule has 0 aliphatic rings. The summed E-state index contributed by atoms with van der Waals surface area (Å²) in [6, 6.07) is 11.8. The van der Waals surface area contributed by atoms with Gasteiger partial charge in [0, 0.05) is 17.2 Å². The van der Waals surface area contributed by atoms with Crippen molar-refractivity contribution < 1.29 is 47.2 Å². The van der Waals surface area contributed by atoms with Crippen LogP contribution in [0.2, 0.25) is 0 Å². The lowest BCUT2D eigenvalue weighted by Gasteiger charge is -2.30. The minimum absolute atomic E-state index is 0.0461. The molecule has 3 aromatic carbocycles. The number of aliphatic hydroxyl groups is 2. The number of halogens is 3. The Morgan fingerprint density at radius 1 is 1.00 bits per heavy atom. The number of hydrazine groups is 1. The average Bonchev–Trinajstić information content (AvgIpc) is 2.92. The van der Waals surface area contributed by atoms with Crippen molar-refractivity contribution in [3.05, 3.63) is 83.2 Å². The van der Waals surface area contributed by atoms with Crippen molar-refractivity contribution in [1.29, 1.82) is 0 Å². The van der Waals surface area contributed by atoms with E-state index in [-0.39, 0.29) is 30.0 Å². The van der Waals surface area contributed by atoms with E-state index in [0.717, 1.165) is 11.1 Å². The number of para-hydroxylation sites is 1. The summed E-state index contributed by atoms with van der Waals surface area (Å²) in [4.78, 5) is 25.5. The van der Waals surface area contributed by atoms with Crippen LogP contribution in [0.25, 0.3) is 11.1 Å². The van der Waals surface area contributed by atoms with E-state index in [1.807, 2.05) is 0 Å². The first-order valence-corrected chi connectivity index (χ1v) is 12.5. The Balaban J connectivity index is 1.89. The van der Waals surface area contributed by atoms with Gasteiger partial charge >= 0.3 is 12.1 Å². The van der Waals surface area contributed by atoms with Gasteiger partial charge in [0.1, 0.15) is 23.8 Å². The molecule has 1 amide bonds. The standard InChI is InChI=1S/C29H31F3N2O7/c1-29(2,3)41-28(38)34(14-19(36)15-35)33-26-18(6-5-7-21(26)27(37)39-4)16-40-20-10-8-17(9-11-20)22-12-24(31)25(32)13-23(22)30/h5-13,19,33,35-36H,14-16H2,1-4H3/t19-/m1/s1. The molecule has 12 heteroatoms. The summed E-state index contributed by atoms with van der Waals surface area (Å²) in [7, 11) is 1.19. The fourth-order valence-electron chi connectivity index (χ4n) is 3.65. The molecular formula is C29H31F3N2O7. The molecule has 0 bridgehead atoms. The zero-order valence-corrected chi connectivity index (χ0v) is 22.9. The molecular weight excluding hydrogens is 545 g/mol. The van der Waals surface area contributed by atoms with Crippen molar-refractivity contribution in [2.24, 2.45) is 0 Å². The van der Waals surface area contributed by atoms with Gasteiger partial charge in [-0.05, 0) is 50.6 Å². The smallest absolute Gasteiger partial charge is 0.429 e. The van der Waals surface area contributed by atoms with Crippen molar-refractivity contribution in [3.63, 3.8) is 0 Å². The van der Waals surface area contributed by atoms with Crippen LogP contribution in [0.15, 0.2) is 54.6 Å². The third-order valence-corrected chi connectivity index (χ3v) is 5.59. The van der Waals surface area contributed by atoms with E-state index in [9.17, 15) is 33.0 Å². The molecule has 0 saturated heterocycles. The summed E-state index contributed by atoms with van der Waals surface area (Å²) in [6.45, 7) is 3.80. The van der Waals surface area contributed by atoms with Crippen LogP contribution in [0.3, 0.4) is 0 Å². The molecule has 0 unspecified atom stereocenters. The molecule has 220 valence electrons. The maximum Gasteiger partial charge on any atom is 0.429 e. The molecule has 0 saturated carbocycles. The van der Waals surface area contributed by atoms with Gasteiger partial charge in [-0.2, -0.15) is 0 Å². The highest BCUT2D eigenvalue weighted by molar-refractivity contribution is 5.96. The number of amides is 1. The number of nitrogens with zero attached hydrogens (tertiary/aromatic N) is 1. The summed E-state index contributed by atoms with van der Waals surface area (Å²) in [5, 5.41) is 20.3. The number of benzene rings is 3. The number of ether oxygens (including phenoxy) is 3. The van der Waals surface area contributed by atoms with Crippen LogP contribution in [0.4, 0.5) is 23.7 Å². The van der Waals surface area contributed by atoms with Crippen LogP contribution in [-0.2, 0) is 16.1 Å². The molecule has 0 aliphatic heterocycles. The fraction of sp³-hybridized carbons (Fsp3) is 0.310. The number of nitrogens with one attached hydrogen (secondary N) is 1. The van der Waals surface area contributed by atoms with Crippen LogP contribution in [0.1, 0.15) is 36.7 Å². The molecule has 0 radical (unpaired) electrons. The van der Waals surface area contributed by atoms with Crippen LogP contribution in [-0.4, -0.2) is 59.3 Å². The lowest BCUT2D eigenvalue weighted by Crippen LogP contribution is -2.45. The summed E-state index contributed by atoms with van der Waals surface area (Å²) in [6.07, 6.45) is -2.20. The summed E-state index contributed by atoms with van der Waals surface area (Å²) in [5.74, 6) is -3.79. The quantitative estimate of drug-likeness (QED) is 0.174. The van der Waals surface area contributed by atoms with Gasteiger partial charge in [0.05, 0.1) is 37.6 Å². The van der Waals surface area contributed by atoms with Gasteiger partial charge < -0.3 is 24.4 Å². The van der Waals surface area contributed by atoms with Gasteiger partial charge in [-0.15, -0.1) is 0 Å². The summed E-state index contributed by atoms with van der Waals surface area (Å²) >= 11 is 0. The van der Waals surface area contributed by atoms with E-state index in [1.54, 1.807) is 32.9 Å². The lowest BCUT2D eigenvalue weighted by atomic mass is 10.0. The topological polar surface area (TPSA) is 118 Å². The number of anilines is 1. The first kappa shape index (κ1) is 31.2. The Hall–Kier alpha value is -4.29. The number of hydrogen-bond acceptors (Lipinski definition) is 8. The Morgan fingerprint density at radius 3 is 2.27 bits per heavy atom. The van der Waals surface area contributed by atoms with E-state index in [1.165, 1.54) is 37.4 Å². The number of esters is 1. The van der Waals surface area contributed by atoms with Crippen molar-refractivity contribution in [2.45, 2.75) is 39.1 Å². The van der Waals surface area contributed by atoms with Crippen LogP contribution >= 0.6 is 0 Å². The van der Waals surface area contributed by atoms with Crippen molar-refractivity contribution >= 4 is 17.7 Å². The Kier molecular flexibility index (Phi) is 10.2. The molecule has 9 nitrogen and oxygen atoms in total. The van der Waals surface area contributed by atoms with Gasteiger partial charge in [-0.3, -0.25) is 5.43 Å². The largest absolute Gasteiger partial charge is 0.489 e. The zero-order chi connectivity index (χ0) is 30.3. The molecule has 3 rings (SSSR count). The first-order valence-electron chi connectivity index (χ1n) is 12.5. The molecule has 0 aromatic heterocycles. The first-order chi connectivity index (χ1) is 19.3. The van der Waals surface area contributed by atoms with Crippen LogP contribution < -0.4 is 10.2 Å². The van der Waals surface area contributed by atoms with Gasteiger partial charge in [-0.1, -0.05) is 24.3 Å². The number of rotatable bonds is 10. The predicted molar refractivity (Wildman–Crippen MR) is 144 cm³/mol. The second-order valence-electron chi connectivity index (χ2n) is 9.93. The monoisotopic (exact) mass is 576 g/mol. The second-order valence-corrected chi connectivity index (χ2v) is 9.93. The zero-order valence-electron chi connectivity index (χ0n) is 22.9. The van der Waals surface area contributed by atoms with E-state index in [0.29, 0.717) is 22.9 Å². The number of hydrogen-bond donors (Lipinski definition) is 3. The fourth-order valence-corrected chi connectivity index (χ4v) is 3.65. The van der Waals surface area contributed by atoms with Crippen molar-refractivity contribution in [1.82, 2.24) is 5.01 Å². The molecule has 0 aliphatic carbocycles. The minimum atomic E-state index is -1.32. The maximum atomic E-state index is 14.2. The van der Waals surface area contributed by atoms with Gasteiger partial charge in [0.15, 0.2) is 11.6 Å². The molecule has 0 heterocycles. The van der Waals surface area contributed by atoms with Crippen LogP contribution in [0.5, 0.6) is 5.75 Å². The van der Waals surface area contributed by atoms with Gasteiger partial charge in [0.2, 0.25) is 0 Å². The third-order valence-electron chi connectivity index (χ3n) is 5.59. The number of methoxy groups -OCH3 is 1. The highest BCUT2D eigenvalue weighted by Gasteiger charge is 2.27. The SMILES string of the molecule is COC(=O)c1cccc(COc2ccc(-c3cc(F)c(F)cc3F)cc2)c1NN(C[C@@H](O)CO)C(=O)OC(C)(C)C. The van der Waals surface area contributed by atoms with E-state index >= 15 is 0 Å². The Bertz CT molecular complexity index is 1380. The Labute approximate surface area is 235 Å². The molecule has 3 N–H and O–H groups in total. The number of carbonyl (C=O) groups is 2. The molecule has 1 atom stereocenters. The maximum absolute atomic E-state index is 14.2. The number of aliphatic hydroxyl groups excluding tert-OH is 2.